The summed E-state index contributed by atoms with van der Waals surface area (Å²) in [4.78, 5) is 0. The monoisotopic (exact) mass is 291 g/mol. The lowest BCUT2D eigenvalue weighted by Crippen LogP contribution is -2.05. The number of ether oxygens (including phenoxy) is 1. The maximum Gasteiger partial charge on any atom is 0.416 e. The van der Waals surface area contributed by atoms with Gasteiger partial charge < -0.3 is 4.74 Å². The molecular formula is C16H12F3NO. The summed E-state index contributed by atoms with van der Waals surface area (Å²) in [5, 5.41) is 8.92. The van der Waals surface area contributed by atoms with Crippen molar-refractivity contribution in [1.82, 2.24) is 0 Å². The van der Waals surface area contributed by atoms with Gasteiger partial charge in [-0.2, -0.15) is 18.4 Å². The summed E-state index contributed by atoms with van der Waals surface area (Å²) < 4.78 is 44.1. The van der Waals surface area contributed by atoms with Crippen LogP contribution in [0.4, 0.5) is 13.2 Å². The average molecular weight is 291 g/mol. The molecule has 0 saturated heterocycles. The second-order valence-electron chi connectivity index (χ2n) is 4.34. The molecule has 0 spiro atoms. The van der Waals surface area contributed by atoms with Gasteiger partial charge in [0.05, 0.1) is 23.8 Å². The van der Waals surface area contributed by atoms with Crippen molar-refractivity contribution in [2.24, 2.45) is 0 Å². The first-order chi connectivity index (χ1) is 9.95. The van der Waals surface area contributed by atoms with Crippen LogP contribution in [0.3, 0.4) is 0 Å². The first-order valence-corrected chi connectivity index (χ1v) is 6.30. The molecule has 0 radical (unpaired) electrons. The van der Waals surface area contributed by atoms with Crippen LogP contribution in [0.2, 0.25) is 0 Å². The lowest BCUT2D eigenvalue weighted by Gasteiger charge is -2.13. The van der Waals surface area contributed by atoms with Crippen LogP contribution >= 0.6 is 0 Å². The summed E-state index contributed by atoms with van der Waals surface area (Å²) in [6.07, 6.45) is -4.50. The van der Waals surface area contributed by atoms with E-state index in [0.29, 0.717) is 23.5 Å². The van der Waals surface area contributed by atoms with E-state index in [1.54, 1.807) is 37.3 Å². The molecule has 0 heterocycles. The van der Waals surface area contributed by atoms with Crippen molar-refractivity contribution >= 4 is 0 Å². The number of alkyl halides is 3. The van der Waals surface area contributed by atoms with E-state index < -0.39 is 11.7 Å². The predicted molar refractivity (Wildman–Crippen MR) is 72.8 cm³/mol. The van der Waals surface area contributed by atoms with Crippen LogP contribution in [0.25, 0.3) is 11.1 Å². The molecule has 2 aromatic rings. The number of nitrogens with zero attached hydrogens (tertiary/aromatic N) is 1. The molecule has 0 aliphatic carbocycles. The number of rotatable bonds is 3. The Morgan fingerprint density at radius 2 is 1.86 bits per heavy atom. The molecule has 0 amide bonds. The molecule has 0 aromatic heterocycles. The van der Waals surface area contributed by atoms with E-state index in [1.807, 2.05) is 0 Å². The lowest BCUT2D eigenvalue weighted by atomic mass is 9.99. The van der Waals surface area contributed by atoms with Gasteiger partial charge >= 0.3 is 6.18 Å². The Morgan fingerprint density at radius 1 is 1.14 bits per heavy atom. The van der Waals surface area contributed by atoms with Crippen molar-refractivity contribution < 1.29 is 17.9 Å². The molecule has 0 unspecified atom stereocenters. The highest BCUT2D eigenvalue weighted by Gasteiger charge is 2.31. The largest absolute Gasteiger partial charge is 0.493 e. The number of hydrogen-bond donors (Lipinski definition) is 0. The molecular weight excluding hydrogens is 279 g/mol. The SMILES string of the molecule is CCOc1ccccc1-c1cc(C#N)cc(C(F)(F)F)c1. The van der Waals surface area contributed by atoms with Crippen LogP contribution < -0.4 is 4.74 Å². The van der Waals surface area contributed by atoms with E-state index in [9.17, 15) is 13.2 Å². The molecule has 2 nitrogen and oxygen atoms in total. The number of para-hydroxylation sites is 1. The molecule has 0 aliphatic heterocycles. The molecule has 2 aromatic carbocycles. The van der Waals surface area contributed by atoms with Crippen molar-refractivity contribution in [1.29, 1.82) is 5.26 Å². The van der Waals surface area contributed by atoms with E-state index in [4.69, 9.17) is 10.00 Å². The third-order valence-electron chi connectivity index (χ3n) is 2.89. The maximum absolute atomic E-state index is 12.9. The Hall–Kier alpha value is -2.48. The molecule has 0 atom stereocenters. The number of hydrogen-bond acceptors (Lipinski definition) is 2. The van der Waals surface area contributed by atoms with E-state index in [2.05, 4.69) is 0 Å². The van der Waals surface area contributed by atoms with Gasteiger partial charge in [0.2, 0.25) is 0 Å². The Balaban J connectivity index is 2.62. The fourth-order valence-electron chi connectivity index (χ4n) is 2.00. The Labute approximate surface area is 120 Å². The number of halogens is 3. The van der Waals surface area contributed by atoms with Crippen molar-refractivity contribution in [3.8, 4) is 22.9 Å². The van der Waals surface area contributed by atoms with Gasteiger partial charge in [-0.25, -0.2) is 0 Å². The molecule has 21 heavy (non-hydrogen) atoms. The van der Waals surface area contributed by atoms with Crippen LogP contribution in [0.5, 0.6) is 5.75 Å². The molecule has 2 rings (SSSR count). The smallest absolute Gasteiger partial charge is 0.416 e. The number of benzene rings is 2. The summed E-state index contributed by atoms with van der Waals surface area (Å²) in [7, 11) is 0. The van der Waals surface area contributed by atoms with Gasteiger partial charge in [-0.15, -0.1) is 0 Å². The second-order valence-corrected chi connectivity index (χ2v) is 4.34. The van der Waals surface area contributed by atoms with Gasteiger partial charge in [-0.1, -0.05) is 18.2 Å². The molecule has 0 saturated carbocycles. The minimum atomic E-state index is -4.50. The summed E-state index contributed by atoms with van der Waals surface area (Å²) >= 11 is 0. The van der Waals surface area contributed by atoms with Crippen molar-refractivity contribution in [3.63, 3.8) is 0 Å². The zero-order chi connectivity index (χ0) is 15.5. The van der Waals surface area contributed by atoms with E-state index >= 15 is 0 Å². The second kappa shape index (κ2) is 5.88. The number of nitriles is 1. The Morgan fingerprint density at radius 3 is 2.48 bits per heavy atom. The zero-order valence-electron chi connectivity index (χ0n) is 11.2. The maximum atomic E-state index is 12.9. The highest BCUT2D eigenvalue weighted by Crippen LogP contribution is 2.36. The van der Waals surface area contributed by atoms with Crippen LogP contribution in [0.1, 0.15) is 18.1 Å². The van der Waals surface area contributed by atoms with Crippen LogP contribution in [-0.2, 0) is 6.18 Å². The average Bonchev–Trinajstić information content (AvgIpc) is 2.47. The first-order valence-electron chi connectivity index (χ1n) is 6.30. The Kier molecular flexibility index (Phi) is 4.18. The fraction of sp³-hybridized carbons (Fsp3) is 0.188. The van der Waals surface area contributed by atoms with E-state index in [0.717, 1.165) is 12.1 Å². The molecule has 0 N–H and O–H groups in total. The molecule has 0 fully saturated rings. The quantitative estimate of drug-likeness (QED) is 0.825. The van der Waals surface area contributed by atoms with Crippen LogP contribution in [0, 0.1) is 11.3 Å². The highest BCUT2D eigenvalue weighted by atomic mass is 19.4. The minimum Gasteiger partial charge on any atom is -0.493 e. The summed E-state index contributed by atoms with van der Waals surface area (Å²) in [5.41, 5.74) is -0.0404. The molecule has 0 bridgehead atoms. The summed E-state index contributed by atoms with van der Waals surface area (Å²) in [5.74, 6) is 0.489. The predicted octanol–water partition coefficient (Wildman–Crippen LogP) is 4.64. The van der Waals surface area contributed by atoms with Gasteiger partial charge in [0.15, 0.2) is 0 Å². The van der Waals surface area contributed by atoms with Crippen LogP contribution in [-0.4, -0.2) is 6.61 Å². The standard InChI is InChI=1S/C16H12F3NO/c1-2-21-15-6-4-3-5-14(15)12-7-11(10-20)8-13(9-12)16(17,18)19/h3-9H,2H2,1H3. The van der Waals surface area contributed by atoms with E-state index in [1.165, 1.54) is 6.07 Å². The van der Waals surface area contributed by atoms with Crippen molar-refractivity contribution in [3.05, 3.63) is 53.6 Å². The Bertz CT molecular complexity index is 687. The van der Waals surface area contributed by atoms with Gasteiger partial charge in [-0.3, -0.25) is 0 Å². The van der Waals surface area contributed by atoms with Crippen LogP contribution in [0.15, 0.2) is 42.5 Å². The zero-order valence-corrected chi connectivity index (χ0v) is 11.2. The minimum absolute atomic E-state index is 0.0360. The lowest BCUT2D eigenvalue weighted by molar-refractivity contribution is -0.137. The summed E-state index contributed by atoms with van der Waals surface area (Å²) in [6.45, 7) is 2.20. The fourth-order valence-corrected chi connectivity index (χ4v) is 2.00. The van der Waals surface area contributed by atoms with Gasteiger partial charge in [0.1, 0.15) is 5.75 Å². The van der Waals surface area contributed by atoms with Crippen molar-refractivity contribution in [2.75, 3.05) is 6.61 Å². The molecule has 5 heteroatoms. The van der Waals surface area contributed by atoms with Gasteiger partial charge in [0, 0.05) is 5.56 Å². The molecule has 0 aliphatic rings. The van der Waals surface area contributed by atoms with Gasteiger partial charge in [0.25, 0.3) is 0 Å². The van der Waals surface area contributed by atoms with E-state index in [-0.39, 0.29) is 5.56 Å². The molecule has 108 valence electrons. The normalized spacial score (nSPS) is 11.0. The van der Waals surface area contributed by atoms with Crippen molar-refractivity contribution in [2.45, 2.75) is 13.1 Å². The topological polar surface area (TPSA) is 33.0 Å². The first kappa shape index (κ1) is 14.9. The third kappa shape index (κ3) is 3.34. The summed E-state index contributed by atoms with van der Waals surface area (Å²) in [6, 6.07) is 11.9. The third-order valence-corrected chi connectivity index (χ3v) is 2.89. The van der Waals surface area contributed by atoms with Gasteiger partial charge in [-0.05, 0) is 36.8 Å². The highest BCUT2D eigenvalue weighted by molar-refractivity contribution is 5.72.